The molecule has 38 heavy (non-hydrogen) atoms. The SMILES string of the molecule is [CH2-]CCCCCCCC1CC(CCCCCCC)C(CCCCCCC)CC1CCCCCCC[CH2-].[Y].[Y]. The van der Waals surface area contributed by atoms with E-state index in [-0.39, 0.29) is 65.4 Å². The van der Waals surface area contributed by atoms with E-state index in [4.69, 9.17) is 0 Å². The summed E-state index contributed by atoms with van der Waals surface area (Å²) in [5, 5.41) is 0. The minimum absolute atomic E-state index is 0. The Morgan fingerprint density at radius 1 is 0.368 bits per heavy atom. The second-order valence-electron chi connectivity index (χ2n) is 12.7. The van der Waals surface area contributed by atoms with Crippen LogP contribution in [0, 0.1) is 37.5 Å². The first kappa shape index (κ1) is 42.3. The van der Waals surface area contributed by atoms with E-state index in [0.29, 0.717) is 0 Å². The third-order valence-corrected chi connectivity index (χ3v) is 9.55. The van der Waals surface area contributed by atoms with E-state index < -0.39 is 0 Å². The van der Waals surface area contributed by atoms with Crippen LogP contribution in [0.5, 0.6) is 0 Å². The van der Waals surface area contributed by atoms with Gasteiger partial charge in [-0.2, -0.15) is 12.8 Å². The van der Waals surface area contributed by atoms with Gasteiger partial charge in [-0.25, -0.2) is 0 Å². The maximum Gasteiger partial charge on any atom is 0 e. The largest absolute Gasteiger partial charge is 0.343 e. The van der Waals surface area contributed by atoms with Crippen LogP contribution in [0.2, 0.25) is 0 Å². The molecule has 0 N–H and O–H groups in total. The van der Waals surface area contributed by atoms with Gasteiger partial charge < -0.3 is 13.8 Å². The molecule has 1 saturated carbocycles. The Hall–Kier alpha value is 2.21. The van der Waals surface area contributed by atoms with E-state index in [9.17, 15) is 0 Å². The fourth-order valence-electron chi connectivity index (χ4n) is 7.21. The van der Waals surface area contributed by atoms with Gasteiger partial charge in [0.25, 0.3) is 0 Å². The van der Waals surface area contributed by atoms with Crippen molar-refractivity contribution in [2.75, 3.05) is 0 Å². The Kier molecular flexibility index (Phi) is 35.8. The monoisotopic (exact) mass is 680 g/mol. The average Bonchev–Trinajstić information content (AvgIpc) is 2.89. The van der Waals surface area contributed by atoms with Gasteiger partial charge in [0, 0.05) is 65.4 Å². The molecular formula is C36H70Y2-2. The number of rotatable bonds is 26. The van der Waals surface area contributed by atoms with E-state index in [1.807, 2.05) is 0 Å². The predicted molar refractivity (Wildman–Crippen MR) is 165 cm³/mol. The second kappa shape index (κ2) is 32.1. The molecular weight excluding hydrogens is 610 g/mol. The van der Waals surface area contributed by atoms with Crippen LogP contribution in [-0.4, -0.2) is 0 Å². The van der Waals surface area contributed by atoms with Crippen LogP contribution in [0.25, 0.3) is 0 Å². The van der Waals surface area contributed by atoms with Gasteiger partial charge in [0.15, 0.2) is 0 Å². The molecule has 0 nitrogen and oxygen atoms in total. The number of hydrogen-bond donors (Lipinski definition) is 0. The molecule has 1 fully saturated rings. The normalized spacial score (nSPS) is 21.2. The van der Waals surface area contributed by atoms with Gasteiger partial charge in [-0.1, -0.05) is 168 Å². The summed E-state index contributed by atoms with van der Waals surface area (Å²) in [6, 6.07) is 0. The number of hydrogen-bond acceptors (Lipinski definition) is 0. The van der Waals surface area contributed by atoms with E-state index in [1.165, 1.54) is 141 Å². The maximum atomic E-state index is 4.03. The molecule has 2 radical (unpaired) electrons. The molecule has 2 heteroatoms. The molecule has 0 spiro atoms. The Morgan fingerprint density at radius 2 is 0.605 bits per heavy atom. The van der Waals surface area contributed by atoms with Gasteiger partial charge in [0.05, 0.1) is 0 Å². The van der Waals surface area contributed by atoms with Crippen molar-refractivity contribution in [1.29, 1.82) is 0 Å². The van der Waals surface area contributed by atoms with Gasteiger partial charge in [0.2, 0.25) is 0 Å². The molecule has 0 heterocycles. The molecule has 0 aromatic heterocycles. The van der Waals surface area contributed by atoms with Crippen molar-refractivity contribution >= 4 is 0 Å². The minimum Gasteiger partial charge on any atom is -0.343 e. The molecule has 0 aromatic carbocycles. The van der Waals surface area contributed by atoms with Crippen molar-refractivity contribution in [3.8, 4) is 0 Å². The first-order valence-corrected chi connectivity index (χ1v) is 17.3. The summed E-state index contributed by atoms with van der Waals surface area (Å²) in [6.07, 6.45) is 40.4. The molecule has 0 saturated heterocycles. The van der Waals surface area contributed by atoms with E-state index in [0.717, 1.165) is 36.5 Å². The van der Waals surface area contributed by atoms with Crippen molar-refractivity contribution < 1.29 is 65.4 Å². The first-order valence-electron chi connectivity index (χ1n) is 17.3. The summed E-state index contributed by atoms with van der Waals surface area (Å²) in [5.41, 5.74) is 0. The molecule has 1 aliphatic carbocycles. The summed E-state index contributed by atoms with van der Waals surface area (Å²) >= 11 is 0. The molecule has 0 aromatic rings. The van der Waals surface area contributed by atoms with Gasteiger partial charge in [-0.3, -0.25) is 0 Å². The van der Waals surface area contributed by atoms with Crippen molar-refractivity contribution in [3.63, 3.8) is 0 Å². The van der Waals surface area contributed by atoms with Gasteiger partial charge in [0.1, 0.15) is 0 Å². The third kappa shape index (κ3) is 22.8. The Balaban J connectivity index is 0. The molecule has 222 valence electrons. The van der Waals surface area contributed by atoms with Gasteiger partial charge >= 0.3 is 0 Å². The minimum atomic E-state index is 0. The van der Waals surface area contributed by atoms with E-state index >= 15 is 0 Å². The average molecular weight is 681 g/mol. The Labute approximate surface area is 293 Å². The molecule has 0 amide bonds. The van der Waals surface area contributed by atoms with Gasteiger partial charge in [-0.05, 0) is 36.5 Å². The van der Waals surface area contributed by atoms with Crippen LogP contribution in [0.3, 0.4) is 0 Å². The molecule has 0 bridgehead atoms. The van der Waals surface area contributed by atoms with Crippen molar-refractivity contribution in [2.45, 2.75) is 194 Å². The molecule has 4 unspecified atom stereocenters. The van der Waals surface area contributed by atoms with Crippen LogP contribution >= 0.6 is 0 Å². The third-order valence-electron chi connectivity index (χ3n) is 9.55. The van der Waals surface area contributed by atoms with E-state index in [1.54, 1.807) is 25.7 Å². The fourth-order valence-corrected chi connectivity index (χ4v) is 7.21. The van der Waals surface area contributed by atoms with Crippen LogP contribution in [0.15, 0.2) is 0 Å². The second-order valence-corrected chi connectivity index (χ2v) is 12.7. The fraction of sp³-hybridized carbons (Fsp3) is 0.944. The standard InChI is InChI=1S/C36H70.2Y/c1-5-9-13-17-21-25-29-35-31-33(27-23-19-15-11-7-3)34(28-24-20-16-12-8-4)32-36(35)30-26-22-18-14-10-6-2;;/h33-36H,1-2,5-32H2,3-4H3;;/q-2;;. The molecule has 4 atom stereocenters. The van der Waals surface area contributed by atoms with Crippen LogP contribution in [-0.2, 0) is 65.4 Å². The van der Waals surface area contributed by atoms with Crippen LogP contribution in [0.1, 0.15) is 194 Å². The molecule has 1 rings (SSSR count). The Morgan fingerprint density at radius 3 is 0.868 bits per heavy atom. The zero-order valence-corrected chi connectivity index (χ0v) is 32.4. The quantitative estimate of drug-likeness (QED) is 0.0630. The van der Waals surface area contributed by atoms with Crippen LogP contribution < -0.4 is 0 Å². The predicted octanol–water partition coefficient (Wildman–Crippen LogP) is 13.1. The molecule has 1 aliphatic rings. The van der Waals surface area contributed by atoms with E-state index in [2.05, 4.69) is 27.7 Å². The summed E-state index contributed by atoms with van der Waals surface area (Å²) in [7, 11) is 0. The maximum absolute atomic E-state index is 4.03. The van der Waals surface area contributed by atoms with Crippen molar-refractivity contribution in [3.05, 3.63) is 13.8 Å². The number of unbranched alkanes of at least 4 members (excludes halogenated alkanes) is 18. The zero-order chi connectivity index (χ0) is 26.1. The smallest absolute Gasteiger partial charge is 0 e. The van der Waals surface area contributed by atoms with Crippen molar-refractivity contribution in [1.82, 2.24) is 0 Å². The first-order chi connectivity index (χ1) is 17.8. The zero-order valence-electron chi connectivity index (χ0n) is 26.7. The molecule has 0 aliphatic heterocycles. The summed E-state index contributed by atoms with van der Waals surface area (Å²) < 4.78 is 0. The summed E-state index contributed by atoms with van der Waals surface area (Å²) in [5.74, 6) is 4.16. The van der Waals surface area contributed by atoms with Gasteiger partial charge in [-0.15, -0.1) is 0 Å². The topological polar surface area (TPSA) is 0 Å². The van der Waals surface area contributed by atoms with Crippen molar-refractivity contribution in [2.24, 2.45) is 23.7 Å². The summed E-state index contributed by atoms with van der Waals surface area (Å²) in [6.45, 7) is 12.8. The van der Waals surface area contributed by atoms with Crippen LogP contribution in [0.4, 0.5) is 0 Å². The Bertz CT molecular complexity index is 397. The summed E-state index contributed by atoms with van der Waals surface area (Å²) in [4.78, 5) is 0.